The lowest BCUT2D eigenvalue weighted by atomic mass is 9.79. The van der Waals surface area contributed by atoms with Crippen molar-refractivity contribution in [3.05, 3.63) is 0 Å². The van der Waals surface area contributed by atoms with E-state index in [-0.39, 0.29) is 26.1 Å². The zero-order chi connectivity index (χ0) is 14.9. The molecule has 0 saturated heterocycles. The molecule has 0 aliphatic heterocycles. The minimum absolute atomic E-state index is 0.150. The van der Waals surface area contributed by atoms with Crippen LogP contribution >= 0.6 is 0 Å². The van der Waals surface area contributed by atoms with E-state index in [2.05, 4.69) is 5.32 Å². The Hall–Kier alpha value is -1.59. The summed E-state index contributed by atoms with van der Waals surface area (Å²) in [5.74, 6) is -1.78. The lowest BCUT2D eigenvalue weighted by molar-refractivity contribution is -0.174. The molecule has 0 aliphatic rings. The number of ether oxygens (including phenoxy) is 2. The molecule has 0 aromatic carbocycles. The van der Waals surface area contributed by atoms with Crippen LogP contribution in [-0.2, 0) is 23.9 Å². The molecule has 0 unspecified atom stereocenters. The molecule has 0 atom stereocenters. The van der Waals surface area contributed by atoms with E-state index in [0.717, 1.165) is 0 Å². The topological polar surface area (TPSA) is 81.7 Å². The van der Waals surface area contributed by atoms with Gasteiger partial charge in [0.1, 0.15) is 0 Å². The maximum absolute atomic E-state index is 12.1. The third-order valence-corrected chi connectivity index (χ3v) is 2.75. The zero-order valence-electron chi connectivity index (χ0n) is 12.1. The minimum atomic E-state index is -1.54. The van der Waals surface area contributed by atoms with Gasteiger partial charge in [-0.15, -0.1) is 0 Å². The molecule has 110 valence electrons. The Balaban J connectivity index is 5.38. The van der Waals surface area contributed by atoms with E-state index in [0.29, 0.717) is 6.42 Å². The second-order valence-electron chi connectivity index (χ2n) is 4.12. The summed E-state index contributed by atoms with van der Waals surface area (Å²) in [6, 6.07) is 0. The third kappa shape index (κ3) is 4.54. The molecule has 0 radical (unpaired) electrons. The number of carbonyl (C=O) groups is 3. The molecule has 6 heteroatoms. The Labute approximate surface area is 113 Å². The predicted octanol–water partition coefficient (Wildman–Crippen LogP) is 1.04. The van der Waals surface area contributed by atoms with Gasteiger partial charge in [0.25, 0.3) is 0 Å². The number of carbonyl (C=O) groups excluding carboxylic acids is 3. The van der Waals surface area contributed by atoms with Crippen molar-refractivity contribution in [2.75, 3.05) is 20.3 Å². The van der Waals surface area contributed by atoms with Crippen molar-refractivity contribution in [1.29, 1.82) is 0 Å². The lowest BCUT2D eigenvalue weighted by Crippen LogP contribution is -2.45. The summed E-state index contributed by atoms with van der Waals surface area (Å²) in [5, 5.41) is 2.42. The number of amides is 1. The molecule has 0 saturated carbocycles. The van der Waals surface area contributed by atoms with Crippen LogP contribution in [0.3, 0.4) is 0 Å². The van der Waals surface area contributed by atoms with E-state index < -0.39 is 23.3 Å². The smallest absolute Gasteiger partial charge is 0.324 e. The highest BCUT2D eigenvalue weighted by molar-refractivity contribution is 6.03. The highest BCUT2D eigenvalue weighted by Gasteiger charge is 2.49. The zero-order valence-corrected chi connectivity index (χ0v) is 12.1. The monoisotopic (exact) mass is 273 g/mol. The molecular weight excluding hydrogens is 250 g/mol. The fourth-order valence-corrected chi connectivity index (χ4v) is 1.85. The summed E-state index contributed by atoms with van der Waals surface area (Å²) in [6.45, 7) is 5.44. The molecule has 1 amide bonds. The van der Waals surface area contributed by atoms with Crippen molar-refractivity contribution in [2.45, 2.75) is 40.0 Å². The Kier molecular flexibility index (Phi) is 7.79. The number of esters is 2. The van der Waals surface area contributed by atoms with Gasteiger partial charge in [0.05, 0.1) is 19.6 Å². The largest absolute Gasteiger partial charge is 0.465 e. The van der Waals surface area contributed by atoms with Gasteiger partial charge in [-0.1, -0.05) is 13.3 Å². The van der Waals surface area contributed by atoms with Crippen LogP contribution < -0.4 is 5.32 Å². The van der Waals surface area contributed by atoms with Crippen molar-refractivity contribution >= 4 is 17.8 Å². The van der Waals surface area contributed by atoms with Crippen molar-refractivity contribution in [1.82, 2.24) is 5.32 Å². The molecule has 0 heterocycles. The predicted molar refractivity (Wildman–Crippen MR) is 69.3 cm³/mol. The number of rotatable bonds is 8. The maximum Gasteiger partial charge on any atom is 0.324 e. The number of hydrogen-bond donors (Lipinski definition) is 1. The van der Waals surface area contributed by atoms with Crippen molar-refractivity contribution in [3.63, 3.8) is 0 Å². The molecular formula is C13H23NO5. The molecule has 0 aromatic heterocycles. The van der Waals surface area contributed by atoms with E-state index in [1.54, 1.807) is 13.8 Å². The fourth-order valence-electron chi connectivity index (χ4n) is 1.85. The minimum Gasteiger partial charge on any atom is -0.465 e. The summed E-state index contributed by atoms with van der Waals surface area (Å²) >= 11 is 0. The van der Waals surface area contributed by atoms with Crippen LogP contribution in [0, 0.1) is 5.41 Å². The average molecular weight is 273 g/mol. The first-order valence-corrected chi connectivity index (χ1v) is 6.53. The lowest BCUT2D eigenvalue weighted by Gasteiger charge is -2.28. The average Bonchev–Trinajstić information content (AvgIpc) is 2.38. The SMILES string of the molecule is CCCC(CC(=O)NC)(C(=O)OCC)C(=O)OCC. The van der Waals surface area contributed by atoms with E-state index in [1.165, 1.54) is 7.05 Å². The van der Waals surface area contributed by atoms with Crippen LogP contribution in [0.25, 0.3) is 0 Å². The Morgan fingerprint density at radius 2 is 1.47 bits per heavy atom. The molecule has 0 aromatic rings. The van der Waals surface area contributed by atoms with Crippen LogP contribution in [0.1, 0.15) is 40.0 Å². The standard InChI is InChI=1S/C13H23NO5/c1-5-8-13(9-10(15)14-4,11(16)18-6-2)12(17)19-7-3/h5-9H2,1-4H3,(H,14,15). The highest BCUT2D eigenvalue weighted by atomic mass is 16.6. The quantitative estimate of drug-likeness (QED) is 0.528. The summed E-state index contributed by atoms with van der Waals surface area (Å²) in [4.78, 5) is 35.8. The van der Waals surface area contributed by atoms with Gasteiger partial charge in [0.2, 0.25) is 5.91 Å². The van der Waals surface area contributed by atoms with E-state index in [1.807, 2.05) is 6.92 Å². The molecule has 19 heavy (non-hydrogen) atoms. The maximum atomic E-state index is 12.1. The van der Waals surface area contributed by atoms with Crippen LogP contribution in [0.5, 0.6) is 0 Å². The van der Waals surface area contributed by atoms with Crippen molar-refractivity contribution in [3.8, 4) is 0 Å². The molecule has 6 nitrogen and oxygen atoms in total. The summed E-state index contributed by atoms with van der Waals surface area (Å²) in [6.07, 6.45) is 0.529. The third-order valence-electron chi connectivity index (χ3n) is 2.75. The van der Waals surface area contributed by atoms with E-state index >= 15 is 0 Å². The summed E-state index contributed by atoms with van der Waals surface area (Å²) in [7, 11) is 1.45. The van der Waals surface area contributed by atoms with Gasteiger partial charge in [-0.05, 0) is 20.3 Å². The van der Waals surface area contributed by atoms with Gasteiger partial charge < -0.3 is 14.8 Å². The first-order chi connectivity index (χ1) is 8.98. The van der Waals surface area contributed by atoms with Crippen molar-refractivity contribution < 1.29 is 23.9 Å². The van der Waals surface area contributed by atoms with Gasteiger partial charge in [-0.2, -0.15) is 0 Å². The van der Waals surface area contributed by atoms with Gasteiger partial charge in [-0.25, -0.2) is 0 Å². The fraction of sp³-hybridized carbons (Fsp3) is 0.769. The van der Waals surface area contributed by atoms with Gasteiger partial charge in [0.15, 0.2) is 5.41 Å². The Morgan fingerprint density at radius 3 is 1.79 bits per heavy atom. The normalized spacial score (nSPS) is 10.7. The second kappa shape index (κ2) is 8.50. The molecule has 0 bridgehead atoms. The van der Waals surface area contributed by atoms with Crippen LogP contribution in [-0.4, -0.2) is 38.1 Å². The summed E-state index contributed by atoms with van der Waals surface area (Å²) in [5.41, 5.74) is -1.54. The van der Waals surface area contributed by atoms with Crippen LogP contribution in [0.2, 0.25) is 0 Å². The molecule has 0 rings (SSSR count). The second-order valence-corrected chi connectivity index (χ2v) is 4.12. The van der Waals surface area contributed by atoms with E-state index in [4.69, 9.17) is 9.47 Å². The summed E-state index contributed by atoms with van der Waals surface area (Å²) < 4.78 is 9.91. The van der Waals surface area contributed by atoms with Gasteiger partial charge in [-0.3, -0.25) is 14.4 Å². The van der Waals surface area contributed by atoms with Gasteiger partial charge >= 0.3 is 11.9 Å². The Morgan fingerprint density at radius 1 is 1.00 bits per heavy atom. The van der Waals surface area contributed by atoms with Crippen molar-refractivity contribution in [2.24, 2.45) is 5.41 Å². The molecule has 1 N–H and O–H groups in total. The first-order valence-electron chi connectivity index (χ1n) is 6.53. The Bertz CT molecular complexity index is 309. The van der Waals surface area contributed by atoms with E-state index in [9.17, 15) is 14.4 Å². The molecule has 0 aliphatic carbocycles. The van der Waals surface area contributed by atoms with Crippen LogP contribution in [0.4, 0.5) is 0 Å². The highest BCUT2D eigenvalue weighted by Crippen LogP contribution is 2.32. The molecule has 0 fully saturated rings. The van der Waals surface area contributed by atoms with Crippen LogP contribution in [0.15, 0.2) is 0 Å². The molecule has 0 spiro atoms. The van der Waals surface area contributed by atoms with Gasteiger partial charge in [0, 0.05) is 7.05 Å². The number of hydrogen-bond acceptors (Lipinski definition) is 5. The number of nitrogens with one attached hydrogen (secondary N) is 1. The first kappa shape index (κ1) is 17.4.